The number of carbonyl (C=O) groups is 1. The fourth-order valence-electron chi connectivity index (χ4n) is 0.426. The summed E-state index contributed by atoms with van der Waals surface area (Å²) in [5.41, 5.74) is 0. The third kappa shape index (κ3) is 3.80. The van der Waals surface area contributed by atoms with Crippen molar-refractivity contribution in [1.29, 1.82) is 0 Å². The van der Waals surface area contributed by atoms with E-state index in [2.05, 4.69) is 4.74 Å². The highest BCUT2D eigenvalue weighted by Gasteiger charge is 2.37. The van der Waals surface area contributed by atoms with E-state index < -0.39 is 25.6 Å². The molecular weight excluding hydrogens is 190 g/mol. The van der Waals surface area contributed by atoms with Gasteiger partial charge in [0.05, 0.1) is 6.10 Å². The lowest BCUT2D eigenvalue weighted by molar-refractivity contribution is -0.150. The molecule has 0 fully saturated rings. The van der Waals surface area contributed by atoms with Crippen LogP contribution in [0.15, 0.2) is 0 Å². The molecule has 72 valence electrons. The van der Waals surface area contributed by atoms with Gasteiger partial charge in [-0.1, -0.05) is 0 Å². The van der Waals surface area contributed by atoms with Crippen molar-refractivity contribution in [2.45, 2.75) is 25.9 Å². The zero-order valence-corrected chi connectivity index (χ0v) is 7.49. The molecule has 12 heavy (non-hydrogen) atoms. The predicted octanol–water partition coefficient (Wildman–Crippen LogP) is 0.411. The smallest absolute Gasteiger partial charge is 0.371 e. The quantitative estimate of drug-likeness (QED) is 0.509. The van der Waals surface area contributed by atoms with E-state index in [0.29, 0.717) is 0 Å². The molecule has 0 amide bonds. The summed E-state index contributed by atoms with van der Waals surface area (Å²) in [6, 6.07) is 0. The highest BCUT2D eigenvalue weighted by atomic mass is 31.2. The minimum Gasteiger partial charge on any atom is -0.460 e. The molecule has 0 saturated heterocycles. The van der Waals surface area contributed by atoms with E-state index in [1.807, 2.05) is 0 Å². The van der Waals surface area contributed by atoms with Crippen LogP contribution in [-0.2, 0) is 14.1 Å². The van der Waals surface area contributed by atoms with Crippen molar-refractivity contribution in [2.24, 2.45) is 0 Å². The van der Waals surface area contributed by atoms with Crippen LogP contribution in [0.25, 0.3) is 0 Å². The molecule has 0 saturated carbocycles. The molecule has 0 aliphatic rings. The third-order valence-electron chi connectivity index (χ3n) is 0.842. The summed E-state index contributed by atoms with van der Waals surface area (Å²) in [6.07, 6.45) is -0.595. The van der Waals surface area contributed by atoms with Crippen LogP contribution in [0.2, 0.25) is 0 Å². The van der Waals surface area contributed by atoms with Crippen LogP contribution in [0, 0.1) is 0 Å². The molecule has 5 nitrogen and oxygen atoms in total. The molecule has 0 aliphatic carbocycles. The van der Waals surface area contributed by atoms with Crippen LogP contribution >= 0.6 is 7.60 Å². The summed E-state index contributed by atoms with van der Waals surface area (Å²) in [4.78, 5) is 26.9. The first-order valence-electron chi connectivity index (χ1n) is 3.15. The molecule has 0 aromatic rings. The van der Waals surface area contributed by atoms with Gasteiger partial charge in [0, 0.05) is 0 Å². The van der Waals surface area contributed by atoms with Gasteiger partial charge in [0.15, 0.2) is 0 Å². The van der Waals surface area contributed by atoms with Gasteiger partial charge < -0.3 is 14.5 Å². The van der Waals surface area contributed by atoms with Gasteiger partial charge in [-0.25, -0.2) is 9.18 Å². The van der Waals surface area contributed by atoms with Gasteiger partial charge in [-0.2, -0.15) is 0 Å². The zero-order chi connectivity index (χ0) is 9.94. The normalized spacial score (nSPS) is 14.5. The van der Waals surface area contributed by atoms with Crippen molar-refractivity contribution in [1.82, 2.24) is 0 Å². The second-order valence-corrected chi connectivity index (χ2v) is 4.04. The topological polar surface area (TPSA) is 83.8 Å². The number of halogens is 1. The van der Waals surface area contributed by atoms with E-state index in [1.165, 1.54) is 13.8 Å². The minimum atomic E-state index is -5.01. The molecule has 0 rings (SSSR count). The maximum atomic E-state index is 12.4. The molecule has 0 radical (unpaired) electrons. The highest BCUT2D eigenvalue weighted by Crippen LogP contribution is 2.42. The van der Waals surface area contributed by atoms with Gasteiger partial charge in [-0.3, -0.25) is 4.57 Å². The number of alkyl halides is 1. The Bertz CT molecular complexity index is 210. The lowest BCUT2D eigenvalue weighted by Crippen LogP contribution is -2.22. The molecule has 1 unspecified atom stereocenters. The SMILES string of the molecule is CC(C)OC(=O)C(F)P(=O)(O)O. The first-order chi connectivity index (χ1) is 5.25. The predicted molar refractivity (Wildman–Crippen MR) is 38.2 cm³/mol. The van der Waals surface area contributed by atoms with E-state index >= 15 is 0 Å². The molecule has 0 aromatic carbocycles. The Morgan fingerprint density at radius 3 is 2.17 bits per heavy atom. The van der Waals surface area contributed by atoms with E-state index in [4.69, 9.17) is 9.79 Å². The lowest BCUT2D eigenvalue weighted by Gasteiger charge is -2.11. The maximum absolute atomic E-state index is 12.4. The van der Waals surface area contributed by atoms with Crippen molar-refractivity contribution in [2.75, 3.05) is 0 Å². The van der Waals surface area contributed by atoms with Gasteiger partial charge in [0.2, 0.25) is 0 Å². The molecule has 0 aromatic heterocycles. The number of hydrogen-bond donors (Lipinski definition) is 2. The Morgan fingerprint density at radius 2 is 1.92 bits per heavy atom. The zero-order valence-electron chi connectivity index (χ0n) is 6.60. The van der Waals surface area contributed by atoms with E-state index in [-0.39, 0.29) is 0 Å². The average Bonchev–Trinajstić information content (AvgIpc) is 1.82. The Morgan fingerprint density at radius 1 is 1.50 bits per heavy atom. The molecule has 0 bridgehead atoms. The van der Waals surface area contributed by atoms with Crippen LogP contribution in [0.5, 0.6) is 0 Å². The Labute approximate surface area is 68.7 Å². The third-order valence-corrected chi connectivity index (χ3v) is 1.64. The summed E-state index contributed by atoms with van der Waals surface area (Å²) in [5, 5.41) is 0. The van der Waals surface area contributed by atoms with Crippen molar-refractivity contribution in [3.05, 3.63) is 0 Å². The second-order valence-electron chi connectivity index (χ2n) is 2.41. The van der Waals surface area contributed by atoms with Gasteiger partial charge >= 0.3 is 13.6 Å². The van der Waals surface area contributed by atoms with E-state index in [0.717, 1.165) is 0 Å². The molecular formula is C5H10FO5P. The van der Waals surface area contributed by atoms with E-state index in [1.54, 1.807) is 0 Å². The highest BCUT2D eigenvalue weighted by molar-refractivity contribution is 7.53. The van der Waals surface area contributed by atoms with Crippen LogP contribution < -0.4 is 0 Å². The summed E-state index contributed by atoms with van der Waals surface area (Å²) < 4.78 is 26.8. The fraction of sp³-hybridized carbons (Fsp3) is 0.800. The van der Waals surface area contributed by atoms with Crippen LogP contribution in [0.3, 0.4) is 0 Å². The largest absolute Gasteiger partial charge is 0.460 e. The number of hydrogen-bond acceptors (Lipinski definition) is 3. The number of rotatable bonds is 3. The van der Waals surface area contributed by atoms with E-state index in [9.17, 15) is 13.8 Å². The molecule has 7 heteroatoms. The lowest BCUT2D eigenvalue weighted by atomic mass is 10.5. The van der Waals surface area contributed by atoms with Gasteiger partial charge in [-0.05, 0) is 13.8 Å². The van der Waals surface area contributed by atoms with Crippen LogP contribution in [0.4, 0.5) is 4.39 Å². The maximum Gasteiger partial charge on any atom is 0.371 e. The van der Waals surface area contributed by atoms with Gasteiger partial charge in [0.1, 0.15) is 0 Å². The second kappa shape index (κ2) is 3.98. The van der Waals surface area contributed by atoms with Gasteiger partial charge in [-0.15, -0.1) is 0 Å². The Kier molecular flexibility index (Phi) is 3.83. The first kappa shape index (κ1) is 11.6. The van der Waals surface area contributed by atoms with Crippen molar-refractivity contribution in [3.63, 3.8) is 0 Å². The molecule has 0 aliphatic heterocycles. The Balaban J connectivity index is 4.22. The molecule has 1 atom stereocenters. The first-order valence-corrected chi connectivity index (χ1v) is 4.83. The summed E-state index contributed by atoms with van der Waals surface area (Å²) in [6.45, 7) is 2.90. The molecule has 0 heterocycles. The monoisotopic (exact) mass is 200 g/mol. The Hall–Kier alpha value is -0.450. The molecule has 2 N–H and O–H groups in total. The number of carbonyl (C=O) groups excluding carboxylic acids is 1. The standard InChI is InChI=1S/C5H10FO5P/c1-3(2)11-5(7)4(6)12(8,9)10/h3-4H,1-2H3,(H2,8,9,10). The van der Waals surface area contributed by atoms with Crippen LogP contribution in [0.1, 0.15) is 13.8 Å². The summed E-state index contributed by atoms with van der Waals surface area (Å²) in [5.74, 6) is -4.40. The van der Waals surface area contributed by atoms with Gasteiger partial charge in [0.25, 0.3) is 5.91 Å². The molecule has 0 spiro atoms. The minimum absolute atomic E-state index is 0.595. The number of ether oxygens (including phenoxy) is 1. The average molecular weight is 200 g/mol. The summed E-state index contributed by atoms with van der Waals surface area (Å²) >= 11 is 0. The number of esters is 1. The van der Waals surface area contributed by atoms with Crippen molar-refractivity contribution >= 4 is 13.6 Å². The van der Waals surface area contributed by atoms with Crippen molar-refractivity contribution in [3.8, 4) is 0 Å². The summed E-state index contributed by atoms with van der Waals surface area (Å²) in [7, 11) is -5.01. The fourth-order valence-corrected chi connectivity index (χ4v) is 0.761. The van der Waals surface area contributed by atoms with Crippen molar-refractivity contribution < 1.29 is 28.3 Å². The van der Waals surface area contributed by atoms with Crippen LogP contribution in [-0.4, -0.2) is 27.8 Å².